The first-order valence-corrected chi connectivity index (χ1v) is 9.94. The molecule has 6 nitrogen and oxygen atoms in total. The first-order valence-electron chi connectivity index (χ1n) is 9.56. The van der Waals surface area contributed by atoms with Gasteiger partial charge in [-0.05, 0) is 24.3 Å². The molecule has 28 heavy (non-hydrogen) atoms. The SMILES string of the molecule is CC(C)c1noc(-c2ccnc(N3CCC(Oc4ccccc4Cl)CC3)c2)n1. The van der Waals surface area contributed by atoms with Gasteiger partial charge in [-0.3, -0.25) is 0 Å². The van der Waals surface area contributed by atoms with Gasteiger partial charge in [0.2, 0.25) is 0 Å². The van der Waals surface area contributed by atoms with Crippen molar-refractivity contribution in [2.75, 3.05) is 18.0 Å². The second-order valence-electron chi connectivity index (χ2n) is 7.25. The number of piperidine rings is 1. The minimum absolute atomic E-state index is 0.156. The van der Waals surface area contributed by atoms with Gasteiger partial charge in [-0.25, -0.2) is 4.98 Å². The summed E-state index contributed by atoms with van der Waals surface area (Å²) in [5.74, 6) is 3.14. The molecule has 0 aliphatic carbocycles. The van der Waals surface area contributed by atoms with Gasteiger partial charge in [0, 0.05) is 43.6 Å². The molecule has 1 aromatic carbocycles. The molecule has 0 radical (unpaired) electrons. The third-order valence-corrected chi connectivity index (χ3v) is 5.16. The van der Waals surface area contributed by atoms with Crippen molar-refractivity contribution in [2.45, 2.75) is 38.7 Å². The summed E-state index contributed by atoms with van der Waals surface area (Å²) in [5, 5.41) is 4.70. The molecule has 7 heteroatoms. The van der Waals surface area contributed by atoms with Crippen LogP contribution in [0.2, 0.25) is 5.02 Å². The second kappa shape index (κ2) is 8.19. The van der Waals surface area contributed by atoms with Crippen LogP contribution in [0, 0.1) is 0 Å². The number of pyridine rings is 1. The lowest BCUT2D eigenvalue weighted by molar-refractivity contribution is 0.171. The summed E-state index contributed by atoms with van der Waals surface area (Å²) in [6.45, 7) is 5.82. The van der Waals surface area contributed by atoms with E-state index < -0.39 is 0 Å². The van der Waals surface area contributed by atoms with E-state index in [0.29, 0.717) is 16.7 Å². The topological polar surface area (TPSA) is 64.3 Å². The van der Waals surface area contributed by atoms with Crippen molar-refractivity contribution in [1.29, 1.82) is 0 Å². The van der Waals surface area contributed by atoms with Crippen molar-refractivity contribution in [2.24, 2.45) is 0 Å². The van der Waals surface area contributed by atoms with Crippen LogP contribution in [0.3, 0.4) is 0 Å². The second-order valence-corrected chi connectivity index (χ2v) is 7.66. The largest absolute Gasteiger partial charge is 0.489 e. The molecule has 1 fully saturated rings. The Morgan fingerprint density at radius 2 is 1.96 bits per heavy atom. The van der Waals surface area contributed by atoms with Crippen molar-refractivity contribution >= 4 is 17.4 Å². The summed E-state index contributed by atoms with van der Waals surface area (Å²) >= 11 is 6.20. The Morgan fingerprint density at radius 1 is 1.18 bits per heavy atom. The highest BCUT2D eigenvalue weighted by Crippen LogP contribution is 2.29. The molecular formula is C21H23ClN4O2. The van der Waals surface area contributed by atoms with Crippen molar-refractivity contribution in [3.63, 3.8) is 0 Å². The Labute approximate surface area is 169 Å². The molecule has 0 bridgehead atoms. The molecule has 146 valence electrons. The number of halogens is 1. The van der Waals surface area contributed by atoms with Crippen LogP contribution in [-0.4, -0.2) is 34.3 Å². The van der Waals surface area contributed by atoms with Crippen molar-refractivity contribution < 1.29 is 9.26 Å². The maximum Gasteiger partial charge on any atom is 0.258 e. The molecule has 1 aliphatic rings. The summed E-state index contributed by atoms with van der Waals surface area (Å²) in [7, 11) is 0. The van der Waals surface area contributed by atoms with Crippen LogP contribution >= 0.6 is 11.6 Å². The molecule has 0 amide bonds. The van der Waals surface area contributed by atoms with Crippen LogP contribution < -0.4 is 9.64 Å². The average Bonchev–Trinajstić information content (AvgIpc) is 3.21. The fourth-order valence-corrected chi connectivity index (χ4v) is 3.41. The Morgan fingerprint density at radius 3 is 2.68 bits per heavy atom. The van der Waals surface area contributed by atoms with E-state index in [1.807, 2.05) is 50.2 Å². The lowest BCUT2D eigenvalue weighted by Gasteiger charge is -2.33. The highest BCUT2D eigenvalue weighted by atomic mass is 35.5. The smallest absolute Gasteiger partial charge is 0.258 e. The fourth-order valence-electron chi connectivity index (χ4n) is 3.23. The van der Waals surface area contributed by atoms with Gasteiger partial charge in [-0.15, -0.1) is 0 Å². The minimum atomic E-state index is 0.156. The standard InChI is InChI=1S/C21H23ClN4O2/c1-14(2)20-24-21(28-25-20)15-7-10-23-19(13-15)26-11-8-16(9-12-26)27-18-6-4-3-5-17(18)22/h3-7,10,13-14,16H,8-9,11-12H2,1-2H3. The van der Waals surface area contributed by atoms with Gasteiger partial charge in [0.25, 0.3) is 5.89 Å². The number of aromatic nitrogens is 3. The van der Waals surface area contributed by atoms with Gasteiger partial charge < -0.3 is 14.2 Å². The molecule has 0 unspecified atom stereocenters. The van der Waals surface area contributed by atoms with Crippen LogP contribution in [-0.2, 0) is 0 Å². The lowest BCUT2D eigenvalue weighted by atomic mass is 10.1. The van der Waals surface area contributed by atoms with E-state index in [1.54, 1.807) is 6.20 Å². The zero-order chi connectivity index (χ0) is 19.5. The van der Waals surface area contributed by atoms with Crippen LogP contribution in [0.4, 0.5) is 5.82 Å². The van der Waals surface area contributed by atoms with Gasteiger partial charge in [-0.1, -0.05) is 42.7 Å². The summed E-state index contributed by atoms with van der Waals surface area (Å²) in [5.41, 5.74) is 0.888. The normalized spacial score (nSPS) is 15.2. The molecule has 2 aromatic heterocycles. The number of nitrogens with zero attached hydrogens (tertiary/aromatic N) is 4. The molecule has 0 saturated carbocycles. The van der Waals surface area contributed by atoms with Gasteiger partial charge in [0.05, 0.1) is 5.02 Å². The number of anilines is 1. The van der Waals surface area contributed by atoms with E-state index in [-0.39, 0.29) is 12.0 Å². The highest BCUT2D eigenvalue weighted by Gasteiger charge is 2.23. The van der Waals surface area contributed by atoms with E-state index in [0.717, 1.165) is 43.1 Å². The molecule has 4 rings (SSSR count). The van der Waals surface area contributed by atoms with Crippen LogP contribution in [0.15, 0.2) is 47.1 Å². The number of hydrogen-bond donors (Lipinski definition) is 0. The summed E-state index contributed by atoms with van der Waals surface area (Å²) in [6.07, 6.45) is 3.77. The Hall–Kier alpha value is -2.60. The van der Waals surface area contributed by atoms with E-state index in [9.17, 15) is 0 Å². The molecule has 0 spiro atoms. The Balaban J connectivity index is 1.41. The predicted octanol–water partition coefficient (Wildman–Crippen LogP) is 4.96. The van der Waals surface area contributed by atoms with Gasteiger partial charge in [0.15, 0.2) is 5.82 Å². The zero-order valence-corrected chi connectivity index (χ0v) is 16.8. The molecule has 0 N–H and O–H groups in total. The maximum absolute atomic E-state index is 6.20. The first kappa shape index (κ1) is 18.7. The van der Waals surface area contributed by atoms with Crippen molar-refractivity contribution in [1.82, 2.24) is 15.1 Å². The van der Waals surface area contributed by atoms with E-state index in [1.165, 1.54) is 0 Å². The summed E-state index contributed by atoms with van der Waals surface area (Å²) < 4.78 is 11.5. The zero-order valence-electron chi connectivity index (χ0n) is 16.0. The van der Waals surface area contributed by atoms with Crippen molar-refractivity contribution in [3.05, 3.63) is 53.4 Å². The molecule has 0 atom stereocenters. The Bertz CT molecular complexity index is 935. The summed E-state index contributed by atoms with van der Waals surface area (Å²) in [4.78, 5) is 11.3. The predicted molar refractivity (Wildman–Crippen MR) is 109 cm³/mol. The molecule has 3 heterocycles. The summed E-state index contributed by atoms with van der Waals surface area (Å²) in [6, 6.07) is 11.5. The average molecular weight is 399 g/mol. The molecule has 1 saturated heterocycles. The van der Waals surface area contributed by atoms with Gasteiger partial charge >= 0.3 is 0 Å². The van der Waals surface area contributed by atoms with Crippen LogP contribution in [0.5, 0.6) is 5.75 Å². The monoisotopic (exact) mass is 398 g/mol. The quantitative estimate of drug-likeness (QED) is 0.605. The van der Waals surface area contributed by atoms with Crippen LogP contribution in [0.25, 0.3) is 11.5 Å². The number of benzene rings is 1. The number of rotatable bonds is 5. The maximum atomic E-state index is 6.20. The third-order valence-electron chi connectivity index (χ3n) is 4.85. The van der Waals surface area contributed by atoms with E-state index in [2.05, 4.69) is 20.0 Å². The third kappa shape index (κ3) is 4.12. The number of para-hydroxylation sites is 1. The number of hydrogen-bond acceptors (Lipinski definition) is 6. The molecule has 3 aromatic rings. The van der Waals surface area contributed by atoms with E-state index >= 15 is 0 Å². The van der Waals surface area contributed by atoms with Gasteiger partial charge in [0.1, 0.15) is 17.7 Å². The van der Waals surface area contributed by atoms with Gasteiger partial charge in [-0.2, -0.15) is 4.98 Å². The van der Waals surface area contributed by atoms with E-state index in [4.69, 9.17) is 20.9 Å². The lowest BCUT2D eigenvalue weighted by Crippen LogP contribution is -2.38. The minimum Gasteiger partial charge on any atom is -0.489 e. The first-order chi connectivity index (χ1) is 13.6. The fraction of sp³-hybridized carbons (Fsp3) is 0.381. The molecule has 1 aliphatic heterocycles. The molecular weight excluding hydrogens is 376 g/mol. The number of ether oxygens (including phenoxy) is 1. The van der Waals surface area contributed by atoms with Crippen molar-refractivity contribution in [3.8, 4) is 17.2 Å². The Kier molecular flexibility index (Phi) is 5.48. The van der Waals surface area contributed by atoms with Crippen LogP contribution in [0.1, 0.15) is 38.4 Å². The highest BCUT2D eigenvalue weighted by molar-refractivity contribution is 6.32.